The molecular weight excluding hydrogens is 287 g/mol. The van der Waals surface area contributed by atoms with Gasteiger partial charge in [0.1, 0.15) is 5.82 Å². The van der Waals surface area contributed by atoms with Crippen molar-refractivity contribution in [1.29, 1.82) is 0 Å². The number of benzene rings is 1. The van der Waals surface area contributed by atoms with E-state index in [9.17, 15) is 9.18 Å². The Balaban J connectivity index is 1.86. The molecule has 1 saturated carbocycles. The zero-order chi connectivity index (χ0) is 15.4. The lowest BCUT2D eigenvalue weighted by Gasteiger charge is -2.33. The van der Waals surface area contributed by atoms with Crippen molar-refractivity contribution in [3.63, 3.8) is 0 Å². The first kappa shape index (κ1) is 16.1. The topological polar surface area (TPSA) is 46.3 Å². The standard InChI is InChI=1S/C16H23FN2OS/c1-11-3-6-13(7-4-11)19(2)16(20)10-21-15-8-5-12(18)9-14(15)17/h5,8-9,11,13H,3-4,6-7,10,18H2,1-2H3. The van der Waals surface area contributed by atoms with Crippen LogP contribution in [0.5, 0.6) is 0 Å². The number of thioether (sulfide) groups is 1. The Labute approximate surface area is 130 Å². The number of carbonyl (C=O) groups excluding carboxylic acids is 1. The van der Waals surface area contributed by atoms with E-state index in [1.165, 1.54) is 30.7 Å². The van der Waals surface area contributed by atoms with Gasteiger partial charge in [-0.25, -0.2) is 4.39 Å². The van der Waals surface area contributed by atoms with E-state index in [-0.39, 0.29) is 17.5 Å². The van der Waals surface area contributed by atoms with Crippen molar-refractivity contribution in [3.8, 4) is 0 Å². The van der Waals surface area contributed by atoms with Gasteiger partial charge in [0, 0.05) is 23.7 Å². The van der Waals surface area contributed by atoms with E-state index in [1.54, 1.807) is 12.1 Å². The fraction of sp³-hybridized carbons (Fsp3) is 0.562. The van der Waals surface area contributed by atoms with E-state index < -0.39 is 0 Å². The minimum atomic E-state index is -0.359. The lowest BCUT2D eigenvalue weighted by Crippen LogP contribution is -2.40. The molecule has 1 aromatic carbocycles. The van der Waals surface area contributed by atoms with Gasteiger partial charge < -0.3 is 10.6 Å². The van der Waals surface area contributed by atoms with Gasteiger partial charge in [0.25, 0.3) is 0 Å². The number of rotatable bonds is 4. The van der Waals surface area contributed by atoms with E-state index >= 15 is 0 Å². The summed E-state index contributed by atoms with van der Waals surface area (Å²) in [4.78, 5) is 14.5. The van der Waals surface area contributed by atoms with Crippen LogP contribution in [0.3, 0.4) is 0 Å². The van der Waals surface area contributed by atoms with Crippen LogP contribution in [0.25, 0.3) is 0 Å². The summed E-state index contributed by atoms with van der Waals surface area (Å²) in [5, 5.41) is 0. The van der Waals surface area contributed by atoms with Crippen LogP contribution in [-0.2, 0) is 4.79 Å². The van der Waals surface area contributed by atoms with Crippen molar-refractivity contribution in [2.45, 2.75) is 43.5 Å². The van der Waals surface area contributed by atoms with Crippen LogP contribution in [0.1, 0.15) is 32.6 Å². The second-order valence-corrected chi connectivity index (χ2v) is 6.91. The van der Waals surface area contributed by atoms with Crippen LogP contribution < -0.4 is 5.73 Å². The van der Waals surface area contributed by atoms with Gasteiger partial charge in [0.2, 0.25) is 5.91 Å². The number of nitrogens with two attached hydrogens (primary N) is 1. The summed E-state index contributed by atoms with van der Waals surface area (Å²) in [7, 11) is 1.86. The molecule has 0 unspecified atom stereocenters. The highest BCUT2D eigenvalue weighted by atomic mass is 32.2. The molecular formula is C16H23FN2OS. The maximum absolute atomic E-state index is 13.7. The molecule has 0 aliphatic heterocycles. The Morgan fingerprint density at radius 3 is 2.67 bits per heavy atom. The maximum Gasteiger partial charge on any atom is 0.232 e. The van der Waals surface area contributed by atoms with Gasteiger partial charge in [-0.15, -0.1) is 11.8 Å². The van der Waals surface area contributed by atoms with Gasteiger partial charge in [0.05, 0.1) is 5.75 Å². The maximum atomic E-state index is 13.7. The van der Waals surface area contributed by atoms with E-state index in [0.29, 0.717) is 16.6 Å². The Morgan fingerprint density at radius 1 is 1.38 bits per heavy atom. The smallest absolute Gasteiger partial charge is 0.232 e. The molecule has 0 atom stereocenters. The van der Waals surface area contributed by atoms with E-state index in [4.69, 9.17) is 5.73 Å². The quantitative estimate of drug-likeness (QED) is 0.683. The molecule has 1 aliphatic rings. The molecule has 2 rings (SSSR count). The van der Waals surface area contributed by atoms with Crippen molar-refractivity contribution in [2.75, 3.05) is 18.5 Å². The molecule has 0 saturated heterocycles. The molecule has 5 heteroatoms. The first-order valence-corrected chi connectivity index (χ1v) is 8.39. The second kappa shape index (κ2) is 7.16. The fourth-order valence-electron chi connectivity index (χ4n) is 2.71. The van der Waals surface area contributed by atoms with Crippen LogP contribution in [-0.4, -0.2) is 29.6 Å². The molecule has 1 fully saturated rings. The summed E-state index contributed by atoms with van der Waals surface area (Å²) in [5.41, 5.74) is 5.92. The molecule has 0 heterocycles. The van der Waals surface area contributed by atoms with Crippen molar-refractivity contribution >= 4 is 23.4 Å². The molecule has 1 aromatic rings. The second-order valence-electron chi connectivity index (χ2n) is 5.90. The number of nitrogens with zero attached hydrogens (tertiary/aromatic N) is 1. The van der Waals surface area contributed by atoms with Gasteiger partial charge in [0.15, 0.2) is 0 Å². The molecule has 0 radical (unpaired) electrons. The third kappa shape index (κ3) is 4.37. The van der Waals surface area contributed by atoms with E-state index in [1.807, 2.05) is 11.9 Å². The number of hydrogen-bond donors (Lipinski definition) is 1. The normalized spacial score (nSPS) is 22.0. The highest BCUT2D eigenvalue weighted by molar-refractivity contribution is 8.00. The van der Waals surface area contributed by atoms with Gasteiger partial charge >= 0.3 is 0 Å². The SMILES string of the molecule is CC1CCC(N(C)C(=O)CSc2ccc(N)cc2F)CC1. The summed E-state index contributed by atoms with van der Waals surface area (Å²) in [6.07, 6.45) is 4.51. The number of halogens is 1. The van der Waals surface area contributed by atoms with Gasteiger partial charge in [-0.1, -0.05) is 6.92 Å². The highest BCUT2D eigenvalue weighted by Gasteiger charge is 2.24. The minimum absolute atomic E-state index is 0.0655. The van der Waals surface area contributed by atoms with Crippen LogP contribution in [0, 0.1) is 11.7 Å². The number of carbonyl (C=O) groups is 1. The van der Waals surface area contributed by atoms with Gasteiger partial charge in [-0.2, -0.15) is 0 Å². The number of hydrogen-bond acceptors (Lipinski definition) is 3. The summed E-state index contributed by atoms with van der Waals surface area (Å²) < 4.78 is 13.7. The molecule has 0 spiro atoms. The van der Waals surface area contributed by atoms with Crippen LogP contribution >= 0.6 is 11.8 Å². The lowest BCUT2D eigenvalue weighted by molar-refractivity contribution is -0.129. The largest absolute Gasteiger partial charge is 0.399 e. The zero-order valence-corrected chi connectivity index (χ0v) is 13.5. The molecule has 1 aliphatic carbocycles. The van der Waals surface area contributed by atoms with Crippen molar-refractivity contribution in [2.24, 2.45) is 5.92 Å². The van der Waals surface area contributed by atoms with E-state index in [2.05, 4.69) is 6.92 Å². The Bertz CT molecular complexity index is 501. The molecule has 21 heavy (non-hydrogen) atoms. The number of anilines is 1. The third-order valence-corrected chi connectivity index (χ3v) is 5.27. The molecule has 3 nitrogen and oxygen atoms in total. The molecule has 2 N–H and O–H groups in total. The number of amides is 1. The average molecular weight is 310 g/mol. The Morgan fingerprint density at radius 2 is 2.05 bits per heavy atom. The summed E-state index contributed by atoms with van der Waals surface area (Å²) in [6.45, 7) is 2.26. The van der Waals surface area contributed by atoms with Crippen LogP contribution in [0.4, 0.5) is 10.1 Å². The van der Waals surface area contributed by atoms with Crippen molar-refractivity contribution < 1.29 is 9.18 Å². The first-order valence-electron chi connectivity index (χ1n) is 7.41. The molecule has 0 bridgehead atoms. The third-order valence-electron chi connectivity index (χ3n) is 4.23. The summed E-state index contributed by atoms with van der Waals surface area (Å²) in [6, 6.07) is 4.91. The Kier molecular flexibility index (Phi) is 5.51. The minimum Gasteiger partial charge on any atom is -0.399 e. The predicted molar refractivity (Wildman–Crippen MR) is 85.7 cm³/mol. The highest BCUT2D eigenvalue weighted by Crippen LogP contribution is 2.28. The predicted octanol–water partition coefficient (Wildman–Crippen LogP) is 3.54. The van der Waals surface area contributed by atoms with Gasteiger partial charge in [-0.3, -0.25) is 4.79 Å². The molecule has 0 aromatic heterocycles. The zero-order valence-electron chi connectivity index (χ0n) is 12.6. The van der Waals surface area contributed by atoms with Crippen molar-refractivity contribution in [1.82, 2.24) is 4.90 Å². The fourth-order valence-corrected chi connectivity index (χ4v) is 3.55. The van der Waals surface area contributed by atoms with Gasteiger partial charge in [-0.05, 0) is 49.8 Å². The molecule has 1 amide bonds. The first-order chi connectivity index (χ1) is 9.97. The summed E-state index contributed by atoms with van der Waals surface area (Å²) in [5.74, 6) is 0.740. The van der Waals surface area contributed by atoms with Crippen molar-refractivity contribution in [3.05, 3.63) is 24.0 Å². The monoisotopic (exact) mass is 310 g/mol. The molecule has 116 valence electrons. The Hall–Kier alpha value is -1.23. The average Bonchev–Trinajstić information content (AvgIpc) is 2.46. The van der Waals surface area contributed by atoms with Crippen LogP contribution in [0.2, 0.25) is 0 Å². The summed E-state index contributed by atoms with van der Waals surface area (Å²) >= 11 is 1.23. The number of nitrogen functional groups attached to an aromatic ring is 1. The van der Waals surface area contributed by atoms with E-state index in [0.717, 1.165) is 18.8 Å². The lowest BCUT2D eigenvalue weighted by atomic mass is 9.87. The van der Waals surface area contributed by atoms with Crippen LogP contribution in [0.15, 0.2) is 23.1 Å².